The van der Waals surface area contributed by atoms with Crippen LogP contribution in [0.4, 0.5) is 5.69 Å². The summed E-state index contributed by atoms with van der Waals surface area (Å²) in [6, 6.07) is 14.0. The molecule has 1 N–H and O–H groups in total. The molecule has 1 atom stereocenters. The molecule has 1 unspecified atom stereocenters. The molecule has 2 aromatic heterocycles. The molecule has 31 heavy (non-hydrogen) atoms. The SMILES string of the molecule is Cc1ccc(Cl)cc1NC(=O)C(C)n1nc(C)c2c(C)n(-c3ccccc3)nc2c1=O. The van der Waals surface area contributed by atoms with Crippen molar-refractivity contribution in [3.8, 4) is 5.69 Å². The van der Waals surface area contributed by atoms with Crippen LogP contribution >= 0.6 is 11.6 Å². The third-order valence-corrected chi connectivity index (χ3v) is 5.59. The largest absolute Gasteiger partial charge is 0.324 e. The molecule has 0 spiro atoms. The van der Waals surface area contributed by atoms with E-state index < -0.39 is 11.6 Å². The highest BCUT2D eigenvalue weighted by Gasteiger charge is 2.23. The van der Waals surface area contributed by atoms with Crippen molar-refractivity contribution >= 4 is 34.1 Å². The van der Waals surface area contributed by atoms with E-state index in [4.69, 9.17) is 11.6 Å². The lowest BCUT2D eigenvalue weighted by Crippen LogP contribution is -2.34. The number of anilines is 1. The van der Waals surface area contributed by atoms with E-state index in [1.54, 1.807) is 23.7 Å². The minimum atomic E-state index is -0.837. The summed E-state index contributed by atoms with van der Waals surface area (Å²) in [4.78, 5) is 26.1. The second kappa shape index (κ2) is 8.00. The molecule has 0 fully saturated rings. The maximum absolute atomic E-state index is 13.2. The number of halogens is 1. The number of benzene rings is 2. The lowest BCUT2D eigenvalue weighted by atomic mass is 10.2. The Morgan fingerprint density at radius 3 is 2.48 bits per heavy atom. The van der Waals surface area contributed by atoms with Crippen molar-refractivity contribution in [2.45, 2.75) is 33.7 Å². The topological polar surface area (TPSA) is 81.8 Å². The van der Waals surface area contributed by atoms with Crippen molar-refractivity contribution in [1.29, 1.82) is 0 Å². The van der Waals surface area contributed by atoms with Crippen molar-refractivity contribution in [1.82, 2.24) is 19.6 Å². The fraction of sp³-hybridized carbons (Fsp3) is 0.217. The van der Waals surface area contributed by atoms with Gasteiger partial charge in [-0.3, -0.25) is 9.59 Å². The van der Waals surface area contributed by atoms with Crippen molar-refractivity contribution in [2.75, 3.05) is 5.32 Å². The summed E-state index contributed by atoms with van der Waals surface area (Å²) < 4.78 is 2.92. The summed E-state index contributed by atoms with van der Waals surface area (Å²) in [6.45, 7) is 7.22. The number of nitrogens with zero attached hydrogens (tertiary/aromatic N) is 4. The average Bonchev–Trinajstić information content (AvgIpc) is 3.11. The summed E-state index contributed by atoms with van der Waals surface area (Å²) in [5.74, 6) is -0.363. The molecule has 1 amide bonds. The van der Waals surface area contributed by atoms with E-state index in [-0.39, 0.29) is 11.4 Å². The summed E-state index contributed by atoms with van der Waals surface area (Å²) in [5, 5.41) is 13.0. The number of carbonyl (C=O) groups excluding carboxylic acids is 1. The monoisotopic (exact) mass is 435 g/mol. The van der Waals surface area contributed by atoms with Gasteiger partial charge in [0.05, 0.1) is 22.5 Å². The third kappa shape index (κ3) is 3.72. The van der Waals surface area contributed by atoms with Crippen LogP contribution in [0.25, 0.3) is 16.6 Å². The van der Waals surface area contributed by atoms with Crippen LogP contribution in [0, 0.1) is 20.8 Å². The number of carbonyl (C=O) groups is 1. The zero-order chi connectivity index (χ0) is 22.3. The van der Waals surface area contributed by atoms with Crippen LogP contribution in [0.1, 0.15) is 29.9 Å². The fourth-order valence-corrected chi connectivity index (χ4v) is 3.78. The van der Waals surface area contributed by atoms with Crippen LogP contribution < -0.4 is 10.9 Å². The molecular weight excluding hydrogens is 414 g/mol. The predicted molar refractivity (Wildman–Crippen MR) is 122 cm³/mol. The normalized spacial score (nSPS) is 12.2. The Morgan fingerprint density at radius 1 is 1.06 bits per heavy atom. The summed E-state index contributed by atoms with van der Waals surface area (Å²) in [5.41, 5.74) is 3.64. The van der Waals surface area contributed by atoms with E-state index in [0.717, 1.165) is 16.9 Å². The Hall–Kier alpha value is -3.45. The first kappa shape index (κ1) is 20.8. The highest BCUT2D eigenvalue weighted by atomic mass is 35.5. The van der Waals surface area contributed by atoms with Gasteiger partial charge in [0.1, 0.15) is 6.04 Å². The average molecular weight is 436 g/mol. The van der Waals surface area contributed by atoms with E-state index in [2.05, 4.69) is 15.5 Å². The van der Waals surface area contributed by atoms with Gasteiger partial charge in [-0.05, 0) is 57.5 Å². The highest BCUT2D eigenvalue weighted by Crippen LogP contribution is 2.23. The first-order valence-corrected chi connectivity index (χ1v) is 10.3. The lowest BCUT2D eigenvalue weighted by Gasteiger charge is -2.16. The molecule has 0 bridgehead atoms. The highest BCUT2D eigenvalue weighted by molar-refractivity contribution is 6.31. The Balaban J connectivity index is 1.76. The quantitative estimate of drug-likeness (QED) is 0.516. The Labute approximate surface area is 184 Å². The van der Waals surface area contributed by atoms with Gasteiger partial charge in [0.2, 0.25) is 5.91 Å². The molecule has 4 aromatic rings. The van der Waals surface area contributed by atoms with Gasteiger partial charge in [0.25, 0.3) is 5.56 Å². The number of hydrogen-bond donors (Lipinski definition) is 1. The maximum Gasteiger partial charge on any atom is 0.295 e. The van der Waals surface area contributed by atoms with E-state index in [1.807, 2.05) is 57.2 Å². The van der Waals surface area contributed by atoms with Crippen LogP contribution in [0.15, 0.2) is 53.3 Å². The Morgan fingerprint density at radius 2 is 1.77 bits per heavy atom. The molecule has 0 saturated carbocycles. The van der Waals surface area contributed by atoms with E-state index in [1.165, 1.54) is 4.68 Å². The molecule has 0 aliphatic heterocycles. The van der Waals surface area contributed by atoms with Crippen LogP contribution in [-0.4, -0.2) is 25.5 Å². The van der Waals surface area contributed by atoms with E-state index in [9.17, 15) is 9.59 Å². The molecule has 8 heteroatoms. The van der Waals surface area contributed by atoms with Gasteiger partial charge in [-0.25, -0.2) is 9.36 Å². The lowest BCUT2D eigenvalue weighted by molar-refractivity contribution is -0.119. The number of hydrogen-bond acceptors (Lipinski definition) is 4. The molecule has 0 aliphatic carbocycles. The molecule has 2 heterocycles. The van der Waals surface area contributed by atoms with Gasteiger partial charge < -0.3 is 5.32 Å². The molecule has 0 aliphatic rings. The number of amides is 1. The summed E-state index contributed by atoms with van der Waals surface area (Å²) in [6.07, 6.45) is 0. The van der Waals surface area contributed by atoms with Crippen LogP contribution in [0.3, 0.4) is 0 Å². The number of aromatic nitrogens is 4. The minimum absolute atomic E-state index is 0.285. The van der Waals surface area contributed by atoms with Crippen LogP contribution in [0.5, 0.6) is 0 Å². The molecule has 7 nitrogen and oxygen atoms in total. The first-order chi connectivity index (χ1) is 14.8. The second-order valence-electron chi connectivity index (χ2n) is 7.52. The predicted octanol–water partition coefficient (Wildman–Crippen LogP) is 4.36. The van der Waals surface area contributed by atoms with Gasteiger partial charge in [0.15, 0.2) is 5.52 Å². The van der Waals surface area contributed by atoms with Gasteiger partial charge in [-0.2, -0.15) is 10.2 Å². The van der Waals surface area contributed by atoms with Crippen molar-refractivity contribution in [3.63, 3.8) is 0 Å². The van der Waals surface area contributed by atoms with Gasteiger partial charge in [-0.15, -0.1) is 0 Å². The number of rotatable bonds is 4. The number of fused-ring (bicyclic) bond motifs is 1. The minimum Gasteiger partial charge on any atom is -0.324 e. The van der Waals surface area contributed by atoms with E-state index in [0.29, 0.717) is 21.8 Å². The third-order valence-electron chi connectivity index (χ3n) is 5.35. The smallest absolute Gasteiger partial charge is 0.295 e. The molecule has 158 valence electrons. The molecule has 4 rings (SSSR count). The van der Waals surface area contributed by atoms with Crippen molar-refractivity contribution in [3.05, 3.63) is 80.9 Å². The Bertz CT molecular complexity index is 1360. The summed E-state index contributed by atoms with van der Waals surface area (Å²) in [7, 11) is 0. The maximum atomic E-state index is 13.2. The van der Waals surface area contributed by atoms with E-state index >= 15 is 0 Å². The molecule has 0 radical (unpaired) electrons. The van der Waals surface area contributed by atoms with Crippen LogP contribution in [-0.2, 0) is 4.79 Å². The van der Waals surface area contributed by atoms with Crippen molar-refractivity contribution in [2.24, 2.45) is 0 Å². The van der Waals surface area contributed by atoms with Gasteiger partial charge in [-0.1, -0.05) is 35.9 Å². The fourth-order valence-electron chi connectivity index (χ4n) is 3.61. The van der Waals surface area contributed by atoms with Crippen LogP contribution in [0.2, 0.25) is 5.02 Å². The Kier molecular flexibility index (Phi) is 5.37. The standard InChI is InChI=1S/C23H22ClN5O2/c1-13-10-11-17(24)12-19(13)25-22(30)16(4)29-23(31)21-20(14(2)26-29)15(3)28(27-21)18-8-6-5-7-9-18/h5-12,16H,1-4H3,(H,25,30). The zero-order valence-electron chi connectivity index (χ0n) is 17.7. The molecule has 0 saturated heterocycles. The number of aryl methyl sites for hydroxylation is 3. The number of nitrogens with one attached hydrogen (secondary N) is 1. The second-order valence-corrected chi connectivity index (χ2v) is 7.95. The summed E-state index contributed by atoms with van der Waals surface area (Å²) >= 11 is 6.05. The first-order valence-electron chi connectivity index (χ1n) is 9.89. The van der Waals surface area contributed by atoms with Gasteiger partial charge >= 0.3 is 0 Å². The van der Waals surface area contributed by atoms with Gasteiger partial charge in [0, 0.05) is 10.7 Å². The van der Waals surface area contributed by atoms with Crippen molar-refractivity contribution < 1.29 is 4.79 Å². The number of para-hydroxylation sites is 1. The zero-order valence-corrected chi connectivity index (χ0v) is 18.4. The molecule has 2 aromatic carbocycles. The molecular formula is C23H22ClN5O2.